The molecule has 86 valence electrons. The van der Waals surface area contributed by atoms with E-state index < -0.39 is 12.2 Å². The Morgan fingerprint density at radius 2 is 2.19 bits per heavy atom. The third kappa shape index (κ3) is 2.94. The minimum absolute atomic E-state index is 0.245. The summed E-state index contributed by atoms with van der Waals surface area (Å²) in [4.78, 5) is 0. The summed E-state index contributed by atoms with van der Waals surface area (Å²) in [5.74, 6) is 0. The number of hydrogen-bond donors (Lipinski definition) is 3. The molecule has 0 aliphatic heterocycles. The van der Waals surface area contributed by atoms with Gasteiger partial charge in [0.25, 0.3) is 0 Å². The van der Waals surface area contributed by atoms with Crippen LogP contribution >= 0.6 is 11.6 Å². The molecule has 0 saturated heterocycles. The van der Waals surface area contributed by atoms with Crippen molar-refractivity contribution >= 4 is 11.6 Å². The zero-order valence-corrected chi connectivity index (χ0v) is 9.57. The van der Waals surface area contributed by atoms with Crippen molar-refractivity contribution in [2.24, 2.45) is 0 Å². The Balaban J connectivity index is 2.99. The summed E-state index contributed by atoms with van der Waals surface area (Å²) < 4.78 is 0. The van der Waals surface area contributed by atoms with E-state index in [1.165, 1.54) is 6.07 Å². The van der Waals surface area contributed by atoms with E-state index >= 15 is 0 Å². The van der Waals surface area contributed by atoms with Gasteiger partial charge in [0.05, 0.1) is 17.7 Å². The van der Waals surface area contributed by atoms with E-state index in [-0.39, 0.29) is 12.1 Å². The third-order valence-electron chi connectivity index (χ3n) is 2.23. The van der Waals surface area contributed by atoms with Crippen molar-refractivity contribution in [3.8, 4) is 6.07 Å². The Labute approximate surface area is 99.1 Å². The molecule has 16 heavy (non-hydrogen) atoms. The maximum absolute atomic E-state index is 9.84. The number of nitrogens with one attached hydrogen (secondary N) is 1. The number of nitriles is 1. The third-order valence-corrected chi connectivity index (χ3v) is 2.47. The van der Waals surface area contributed by atoms with Gasteiger partial charge in [-0.1, -0.05) is 17.7 Å². The molecule has 0 aliphatic carbocycles. The Morgan fingerprint density at radius 1 is 1.50 bits per heavy atom. The maximum atomic E-state index is 9.84. The van der Waals surface area contributed by atoms with Crippen LogP contribution in [0.15, 0.2) is 18.2 Å². The van der Waals surface area contributed by atoms with Gasteiger partial charge in [0, 0.05) is 17.1 Å². The summed E-state index contributed by atoms with van der Waals surface area (Å²) in [6, 6.07) is 6.53. The molecule has 1 rings (SSSR count). The first-order chi connectivity index (χ1) is 7.60. The minimum Gasteiger partial charge on any atom is -0.389 e. The molecule has 0 aromatic heterocycles. The van der Waals surface area contributed by atoms with Gasteiger partial charge in [-0.2, -0.15) is 5.26 Å². The van der Waals surface area contributed by atoms with E-state index in [9.17, 15) is 10.2 Å². The SMILES string of the molecule is CNCC(O)C(O)c1ccc(Cl)cc1C#N. The normalized spacial score (nSPS) is 14.2. The number of aliphatic hydroxyl groups is 2. The number of halogens is 1. The van der Waals surface area contributed by atoms with Crippen LogP contribution < -0.4 is 5.32 Å². The molecule has 2 unspecified atom stereocenters. The zero-order valence-electron chi connectivity index (χ0n) is 8.81. The molecule has 4 nitrogen and oxygen atoms in total. The van der Waals surface area contributed by atoms with E-state index in [2.05, 4.69) is 5.32 Å². The van der Waals surface area contributed by atoms with Crippen LogP contribution in [0.4, 0.5) is 0 Å². The first-order valence-electron chi connectivity index (χ1n) is 4.80. The van der Waals surface area contributed by atoms with Gasteiger partial charge in [0.2, 0.25) is 0 Å². The first-order valence-corrected chi connectivity index (χ1v) is 5.18. The Morgan fingerprint density at radius 3 is 2.75 bits per heavy atom. The van der Waals surface area contributed by atoms with Crippen LogP contribution in [-0.4, -0.2) is 29.9 Å². The Bertz CT molecular complexity index is 403. The second-order valence-corrected chi connectivity index (χ2v) is 3.85. The predicted molar refractivity (Wildman–Crippen MR) is 61.1 cm³/mol. The van der Waals surface area contributed by atoms with Crippen molar-refractivity contribution in [1.29, 1.82) is 5.26 Å². The minimum atomic E-state index is -1.10. The second-order valence-electron chi connectivity index (χ2n) is 3.41. The highest BCUT2D eigenvalue weighted by molar-refractivity contribution is 6.30. The summed E-state index contributed by atoms with van der Waals surface area (Å²) in [6.07, 6.45) is -2.06. The lowest BCUT2D eigenvalue weighted by Crippen LogP contribution is -2.29. The fourth-order valence-corrected chi connectivity index (χ4v) is 1.58. The number of aliphatic hydroxyl groups excluding tert-OH is 2. The lowest BCUT2D eigenvalue weighted by atomic mass is 9.99. The lowest BCUT2D eigenvalue weighted by Gasteiger charge is -2.18. The summed E-state index contributed by atoms with van der Waals surface area (Å²) >= 11 is 5.73. The number of rotatable bonds is 4. The van der Waals surface area contributed by atoms with E-state index in [0.29, 0.717) is 10.6 Å². The average molecular weight is 241 g/mol. The van der Waals surface area contributed by atoms with E-state index in [0.717, 1.165) is 0 Å². The van der Waals surface area contributed by atoms with Crippen LogP contribution in [-0.2, 0) is 0 Å². The van der Waals surface area contributed by atoms with Gasteiger partial charge < -0.3 is 15.5 Å². The molecule has 0 bridgehead atoms. The maximum Gasteiger partial charge on any atom is 0.107 e. The molecule has 0 spiro atoms. The summed E-state index contributed by atoms with van der Waals surface area (Å²) in [5.41, 5.74) is 0.657. The molecule has 0 aliphatic rings. The molecule has 2 atom stereocenters. The first kappa shape index (κ1) is 12.9. The van der Waals surface area contributed by atoms with Crippen LogP contribution in [0.1, 0.15) is 17.2 Å². The zero-order chi connectivity index (χ0) is 12.1. The van der Waals surface area contributed by atoms with Gasteiger partial charge in [-0.25, -0.2) is 0 Å². The van der Waals surface area contributed by atoms with Crippen LogP contribution in [0.25, 0.3) is 0 Å². The molecule has 1 aromatic rings. The smallest absolute Gasteiger partial charge is 0.107 e. The highest BCUT2D eigenvalue weighted by Crippen LogP contribution is 2.23. The van der Waals surface area contributed by atoms with Crippen molar-refractivity contribution in [3.05, 3.63) is 34.3 Å². The molecular formula is C11H13ClN2O2. The second kappa shape index (κ2) is 5.83. The van der Waals surface area contributed by atoms with E-state index in [1.807, 2.05) is 6.07 Å². The van der Waals surface area contributed by atoms with Crippen molar-refractivity contribution < 1.29 is 10.2 Å². The average Bonchev–Trinajstić information content (AvgIpc) is 2.28. The van der Waals surface area contributed by atoms with Gasteiger partial charge >= 0.3 is 0 Å². The van der Waals surface area contributed by atoms with E-state index in [4.69, 9.17) is 16.9 Å². The Hall–Kier alpha value is -1.12. The molecule has 0 radical (unpaired) electrons. The highest BCUT2D eigenvalue weighted by Gasteiger charge is 2.20. The van der Waals surface area contributed by atoms with Crippen LogP contribution in [0.5, 0.6) is 0 Å². The summed E-state index contributed by atoms with van der Waals surface area (Å²) in [6.45, 7) is 0.245. The van der Waals surface area contributed by atoms with Crippen molar-refractivity contribution in [2.45, 2.75) is 12.2 Å². The molecule has 0 saturated carbocycles. The van der Waals surface area contributed by atoms with Crippen LogP contribution in [0, 0.1) is 11.3 Å². The number of benzene rings is 1. The Kier molecular flexibility index (Phi) is 4.71. The fraction of sp³-hybridized carbons (Fsp3) is 0.364. The van der Waals surface area contributed by atoms with Gasteiger partial charge in [0.1, 0.15) is 6.10 Å². The number of nitrogens with zero attached hydrogens (tertiary/aromatic N) is 1. The number of hydrogen-bond acceptors (Lipinski definition) is 4. The molecule has 0 fully saturated rings. The summed E-state index contributed by atoms with van der Waals surface area (Å²) in [5, 5.41) is 31.5. The van der Waals surface area contributed by atoms with E-state index in [1.54, 1.807) is 19.2 Å². The molecule has 3 N–H and O–H groups in total. The monoisotopic (exact) mass is 240 g/mol. The largest absolute Gasteiger partial charge is 0.389 e. The standard InChI is InChI=1S/C11H13ClN2O2/c1-14-6-10(15)11(16)9-3-2-8(12)4-7(9)5-13/h2-4,10-11,14-16H,6H2,1H3. The summed E-state index contributed by atoms with van der Waals surface area (Å²) in [7, 11) is 1.67. The van der Waals surface area contributed by atoms with Crippen LogP contribution in [0.2, 0.25) is 5.02 Å². The van der Waals surface area contributed by atoms with Crippen LogP contribution in [0.3, 0.4) is 0 Å². The fourth-order valence-electron chi connectivity index (χ4n) is 1.41. The predicted octanol–water partition coefficient (Wildman–Crippen LogP) is 0.825. The molecule has 0 amide bonds. The molecular weight excluding hydrogens is 228 g/mol. The van der Waals surface area contributed by atoms with Gasteiger partial charge in [-0.3, -0.25) is 0 Å². The quantitative estimate of drug-likeness (QED) is 0.729. The van der Waals surface area contributed by atoms with Gasteiger partial charge in [-0.15, -0.1) is 0 Å². The van der Waals surface area contributed by atoms with Crippen molar-refractivity contribution in [1.82, 2.24) is 5.32 Å². The lowest BCUT2D eigenvalue weighted by molar-refractivity contribution is 0.0201. The molecule has 1 aromatic carbocycles. The number of likely N-dealkylation sites (N-methyl/N-ethyl adjacent to an activating group) is 1. The van der Waals surface area contributed by atoms with Crippen molar-refractivity contribution in [3.63, 3.8) is 0 Å². The van der Waals surface area contributed by atoms with Gasteiger partial charge in [-0.05, 0) is 19.2 Å². The topological polar surface area (TPSA) is 76.3 Å². The highest BCUT2D eigenvalue weighted by atomic mass is 35.5. The molecule has 0 heterocycles. The van der Waals surface area contributed by atoms with Gasteiger partial charge in [0.15, 0.2) is 0 Å². The van der Waals surface area contributed by atoms with Crippen molar-refractivity contribution in [2.75, 3.05) is 13.6 Å². The molecule has 5 heteroatoms.